The van der Waals surface area contributed by atoms with Gasteiger partial charge in [-0.05, 0) is 12.1 Å². The first-order valence-corrected chi connectivity index (χ1v) is 7.99. The van der Waals surface area contributed by atoms with Gasteiger partial charge in [0, 0.05) is 23.3 Å². The van der Waals surface area contributed by atoms with Gasteiger partial charge in [-0.2, -0.15) is 0 Å². The number of aliphatic hydroxyl groups is 4. The first kappa shape index (κ1) is 20.6. The maximum atomic E-state index is 12.0. The SMILES string of the molecule is O=C(c1ccccc1)c1ccc([N+](=O)[O-])cc1.O[C@@H]1[C@@H](O)[C@H](O)OC[C@H]1O. The van der Waals surface area contributed by atoms with E-state index in [2.05, 4.69) is 4.74 Å². The molecule has 0 aliphatic carbocycles. The summed E-state index contributed by atoms with van der Waals surface area (Å²) >= 11 is 0. The van der Waals surface area contributed by atoms with E-state index in [1.165, 1.54) is 24.3 Å². The van der Waals surface area contributed by atoms with Gasteiger partial charge in [0.05, 0.1) is 11.5 Å². The molecule has 9 nitrogen and oxygen atoms in total. The zero-order chi connectivity index (χ0) is 20.0. The number of non-ortho nitro benzene ring substituents is 1. The second-order valence-corrected chi connectivity index (χ2v) is 5.77. The Morgan fingerprint density at radius 2 is 1.48 bits per heavy atom. The highest BCUT2D eigenvalue weighted by Gasteiger charge is 2.36. The van der Waals surface area contributed by atoms with Gasteiger partial charge in [-0.1, -0.05) is 30.3 Å². The number of aliphatic hydroxyl groups excluding tert-OH is 4. The van der Waals surface area contributed by atoms with Crippen molar-refractivity contribution in [1.82, 2.24) is 0 Å². The Morgan fingerprint density at radius 3 is 2.00 bits per heavy atom. The van der Waals surface area contributed by atoms with Crippen LogP contribution >= 0.6 is 0 Å². The Morgan fingerprint density at radius 1 is 0.926 bits per heavy atom. The van der Waals surface area contributed by atoms with Gasteiger partial charge in [0.2, 0.25) is 0 Å². The van der Waals surface area contributed by atoms with Gasteiger partial charge < -0.3 is 25.2 Å². The Bertz CT molecular complexity index is 751. The van der Waals surface area contributed by atoms with Crippen LogP contribution in [0.1, 0.15) is 15.9 Å². The highest BCUT2D eigenvalue weighted by Crippen LogP contribution is 2.15. The van der Waals surface area contributed by atoms with Crippen molar-refractivity contribution in [2.75, 3.05) is 6.61 Å². The molecule has 1 aliphatic heterocycles. The second-order valence-electron chi connectivity index (χ2n) is 5.77. The van der Waals surface area contributed by atoms with E-state index in [0.717, 1.165) is 0 Å². The van der Waals surface area contributed by atoms with E-state index < -0.39 is 29.5 Å². The van der Waals surface area contributed by atoms with Crippen molar-refractivity contribution in [1.29, 1.82) is 0 Å². The summed E-state index contributed by atoms with van der Waals surface area (Å²) in [5.74, 6) is -0.138. The minimum atomic E-state index is -1.41. The summed E-state index contributed by atoms with van der Waals surface area (Å²) in [6.07, 6.45) is -5.23. The van der Waals surface area contributed by atoms with Crippen molar-refractivity contribution >= 4 is 11.5 Å². The lowest BCUT2D eigenvalue weighted by atomic mass is 10.0. The van der Waals surface area contributed by atoms with Crippen molar-refractivity contribution in [2.45, 2.75) is 24.6 Å². The lowest BCUT2D eigenvalue weighted by molar-refractivity contribution is -0.384. The molecule has 144 valence electrons. The lowest BCUT2D eigenvalue weighted by Crippen LogP contribution is -2.52. The molecule has 0 amide bonds. The molecule has 3 rings (SSSR count). The third-order valence-electron chi connectivity index (χ3n) is 3.85. The molecule has 4 atom stereocenters. The van der Waals surface area contributed by atoms with E-state index in [-0.39, 0.29) is 18.1 Å². The van der Waals surface area contributed by atoms with Gasteiger partial charge in [0.15, 0.2) is 12.1 Å². The molecule has 2 aromatic carbocycles. The number of hydrogen-bond acceptors (Lipinski definition) is 8. The number of nitro groups is 1. The predicted molar refractivity (Wildman–Crippen MR) is 93.0 cm³/mol. The summed E-state index contributed by atoms with van der Waals surface area (Å²) < 4.78 is 4.47. The molecule has 27 heavy (non-hydrogen) atoms. The number of benzene rings is 2. The van der Waals surface area contributed by atoms with E-state index in [4.69, 9.17) is 20.4 Å². The van der Waals surface area contributed by atoms with Gasteiger partial charge in [0.1, 0.15) is 18.3 Å². The Kier molecular flexibility index (Phi) is 7.11. The molecule has 0 radical (unpaired) electrons. The van der Waals surface area contributed by atoms with Gasteiger partial charge in [0.25, 0.3) is 5.69 Å². The van der Waals surface area contributed by atoms with Crippen molar-refractivity contribution in [3.05, 3.63) is 75.8 Å². The third-order valence-corrected chi connectivity index (χ3v) is 3.85. The van der Waals surface area contributed by atoms with Crippen LogP contribution in [-0.2, 0) is 4.74 Å². The fourth-order valence-corrected chi connectivity index (χ4v) is 2.28. The number of nitrogens with zero attached hydrogens (tertiary/aromatic N) is 1. The molecular formula is C18H19NO8. The Balaban J connectivity index is 0.000000223. The van der Waals surface area contributed by atoms with Gasteiger partial charge in [-0.3, -0.25) is 14.9 Å². The molecule has 0 bridgehead atoms. The van der Waals surface area contributed by atoms with Crippen LogP contribution in [0, 0.1) is 10.1 Å². The number of ketones is 1. The molecule has 1 heterocycles. The van der Waals surface area contributed by atoms with E-state index >= 15 is 0 Å². The molecule has 2 aromatic rings. The maximum absolute atomic E-state index is 12.0. The molecular weight excluding hydrogens is 358 g/mol. The summed E-state index contributed by atoms with van der Waals surface area (Å²) in [4.78, 5) is 21.9. The highest BCUT2D eigenvalue weighted by molar-refractivity contribution is 6.09. The number of carbonyl (C=O) groups excluding carboxylic acids is 1. The first-order valence-electron chi connectivity index (χ1n) is 7.99. The number of nitro benzene ring substituents is 1. The van der Waals surface area contributed by atoms with Crippen LogP contribution in [0.2, 0.25) is 0 Å². The fourth-order valence-electron chi connectivity index (χ4n) is 2.28. The minimum absolute atomic E-state index is 0.0189. The molecule has 0 unspecified atom stereocenters. The number of rotatable bonds is 3. The van der Waals surface area contributed by atoms with E-state index in [1.807, 2.05) is 6.07 Å². The molecule has 4 N–H and O–H groups in total. The minimum Gasteiger partial charge on any atom is -0.388 e. The molecule has 0 aromatic heterocycles. The molecule has 0 saturated carbocycles. The van der Waals surface area contributed by atoms with Crippen molar-refractivity contribution in [2.24, 2.45) is 0 Å². The van der Waals surface area contributed by atoms with Crippen LogP contribution in [-0.4, -0.2) is 62.3 Å². The average Bonchev–Trinajstić information content (AvgIpc) is 2.70. The van der Waals surface area contributed by atoms with Crippen molar-refractivity contribution in [3.63, 3.8) is 0 Å². The summed E-state index contributed by atoms with van der Waals surface area (Å²) in [6, 6.07) is 14.4. The molecule has 0 spiro atoms. The molecule has 1 fully saturated rings. The summed E-state index contributed by atoms with van der Waals surface area (Å²) in [5.41, 5.74) is 0.998. The third kappa shape index (κ3) is 5.39. The summed E-state index contributed by atoms with van der Waals surface area (Å²) in [7, 11) is 0. The average molecular weight is 377 g/mol. The molecule has 9 heteroatoms. The second kappa shape index (κ2) is 9.31. The number of hydrogen-bond donors (Lipinski definition) is 4. The topological polar surface area (TPSA) is 150 Å². The van der Waals surface area contributed by atoms with Crippen molar-refractivity contribution < 1.29 is 34.9 Å². The highest BCUT2D eigenvalue weighted by atomic mass is 16.6. The quantitative estimate of drug-likeness (QED) is 0.337. The van der Waals surface area contributed by atoms with E-state index in [0.29, 0.717) is 11.1 Å². The predicted octanol–water partition coefficient (Wildman–Crippen LogP) is 0.243. The first-order chi connectivity index (χ1) is 12.8. The van der Waals surface area contributed by atoms with Crippen molar-refractivity contribution in [3.8, 4) is 0 Å². The zero-order valence-corrected chi connectivity index (χ0v) is 14.1. The smallest absolute Gasteiger partial charge is 0.269 e. The van der Waals surface area contributed by atoms with Gasteiger partial charge in [-0.15, -0.1) is 0 Å². The van der Waals surface area contributed by atoms with Crippen LogP contribution in [0.3, 0.4) is 0 Å². The fraction of sp³-hybridized carbons (Fsp3) is 0.278. The Labute approximate surface area is 154 Å². The van der Waals surface area contributed by atoms with Crippen LogP contribution < -0.4 is 0 Å². The largest absolute Gasteiger partial charge is 0.388 e. The van der Waals surface area contributed by atoms with Crippen LogP contribution in [0.5, 0.6) is 0 Å². The lowest BCUT2D eigenvalue weighted by Gasteiger charge is -2.31. The zero-order valence-electron chi connectivity index (χ0n) is 14.1. The van der Waals surface area contributed by atoms with Crippen LogP contribution in [0.15, 0.2) is 54.6 Å². The standard InChI is InChI=1S/C13H9NO3.C5H10O5/c15-13(10-4-2-1-3-5-10)11-6-8-12(9-7-11)14(16)17;6-2-1-10-5(9)4(8)3(2)7/h1-9H;2-9H,1H2/t;2-,3+,4-,5-/m.1/s1. The van der Waals surface area contributed by atoms with Gasteiger partial charge in [-0.25, -0.2) is 0 Å². The summed E-state index contributed by atoms with van der Waals surface area (Å²) in [5, 5.41) is 45.7. The number of carbonyl (C=O) groups is 1. The monoisotopic (exact) mass is 377 g/mol. The number of ether oxygens (including phenoxy) is 1. The molecule has 1 saturated heterocycles. The Hall–Kier alpha value is -2.69. The van der Waals surface area contributed by atoms with Crippen LogP contribution in [0.25, 0.3) is 0 Å². The van der Waals surface area contributed by atoms with E-state index in [9.17, 15) is 14.9 Å². The van der Waals surface area contributed by atoms with Crippen LogP contribution in [0.4, 0.5) is 5.69 Å². The summed E-state index contributed by atoms with van der Waals surface area (Å²) in [6.45, 7) is -0.153. The van der Waals surface area contributed by atoms with E-state index in [1.54, 1.807) is 24.3 Å². The normalized spacial score (nSPS) is 24.4. The van der Waals surface area contributed by atoms with Gasteiger partial charge >= 0.3 is 0 Å². The molecule has 1 aliphatic rings. The maximum Gasteiger partial charge on any atom is 0.269 e.